The van der Waals surface area contributed by atoms with Gasteiger partial charge < -0.3 is 10.0 Å². The van der Waals surface area contributed by atoms with Crippen LogP contribution in [0.4, 0.5) is 0 Å². The number of nitrogens with zero attached hydrogens (tertiary/aromatic N) is 2. The summed E-state index contributed by atoms with van der Waals surface area (Å²) in [5.41, 5.74) is 0. The van der Waals surface area contributed by atoms with E-state index in [1.165, 1.54) is 0 Å². The van der Waals surface area contributed by atoms with Crippen LogP contribution in [-0.2, 0) is 4.79 Å². The molecule has 98 valence electrons. The first-order valence-electron chi connectivity index (χ1n) is 6.66. The van der Waals surface area contributed by atoms with Crippen molar-refractivity contribution in [3.8, 4) is 0 Å². The number of aliphatic hydroxyl groups is 1. The second kappa shape index (κ2) is 5.46. The van der Waals surface area contributed by atoms with Crippen molar-refractivity contribution >= 4 is 5.78 Å². The zero-order valence-corrected chi connectivity index (χ0v) is 10.9. The summed E-state index contributed by atoms with van der Waals surface area (Å²) in [6.07, 6.45) is 4.11. The predicted octanol–water partition coefficient (Wildman–Crippen LogP) is 0.495. The lowest BCUT2D eigenvalue weighted by molar-refractivity contribution is -0.121. The van der Waals surface area contributed by atoms with Gasteiger partial charge in [0.2, 0.25) is 0 Å². The molecule has 1 aliphatic heterocycles. The van der Waals surface area contributed by atoms with Gasteiger partial charge in [-0.15, -0.1) is 0 Å². The second-order valence-electron chi connectivity index (χ2n) is 5.77. The SMILES string of the molecule is CN(C)CC1CC(O)CN1C1CCC(=O)CC1. The fraction of sp³-hybridized carbons (Fsp3) is 0.923. The molecule has 2 unspecified atom stereocenters. The number of aliphatic hydroxyl groups excluding tert-OH is 1. The molecule has 4 heteroatoms. The third-order valence-corrected chi connectivity index (χ3v) is 3.99. The third-order valence-electron chi connectivity index (χ3n) is 3.99. The largest absolute Gasteiger partial charge is 0.392 e. The smallest absolute Gasteiger partial charge is 0.133 e. The highest BCUT2D eigenvalue weighted by molar-refractivity contribution is 5.79. The molecule has 2 fully saturated rings. The molecule has 0 spiro atoms. The van der Waals surface area contributed by atoms with Crippen LogP contribution >= 0.6 is 0 Å². The first kappa shape index (κ1) is 13.0. The van der Waals surface area contributed by atoms with Gasteiger partial charge in [-0.05, 0) is 33.4 Å². The first-order valence-corrected chi connectivity index (χ1v) is 6.66. The van der Waals surface area contributed by atoms with E-state index < -0.39 is 0 Å². The van der Waals surface area contributed by atoms with E-state index >= 15 is 0 Å². The van der Waals surface area contributed by atoms with Gasteiger partial charge in [0.1, 0.15) is 5.78 Å². The summed E-state index contributed by atoms with van der Waals surface area (Å²) < 4.78 is 0. The topological polar surface area (TPSA) is 43.8 Å². The molecular formula is C13H24N2O2. The zero-order valence-electron chi connectivity index (χ0n) is 10.9. The Hall–Kier alpha value is -0.450. The minimum atomic E-state index is -0.183. The summed E-state index contributed by atoms with van der Waals surface area (Å²) in [7, 11) is 4.15. The Kier molecular flexibility index (Phi) is 4.17. The summed E-state index contributed by atoms with van der Waals surface area (Å²) in [6.45, 7) is 1.79. The van der Waals surface area contributed by atoms with Crippen molar-refractivity contribution in [2.45, 2.75) is 50.3 Å². The summed E-state index contributed by atoms with van der Waals surface area (Å²) in [4.78, 5) is 15.9. The lowest BCUT2D eigenvalue weighted by Gasteiger charge is -2.36. The Morgan fingerprint density at radius 1 is 1.35 bits per heavy atom. The van der Waals surface area contributed by atoms with Crippen molar-refractivity contribution in [1.82, 2.24) is 9.80 Å². The number of carbonyl (C=O) groups is 1. The number of carbonyl (C=O) groups excluding carboxylic acids is 1. The normalized spacial score (nSPS) is 32.6. The summed E-state index contributed by atoms with van der Waals surface area (Å²) in [5, 5.41) is 9.84. The molecule has 2 aliphatic rings. The number of likely N-dealkylation sites (tertiary alicyclic amines) is 1. The first-order chi connectivity index (χ1) is 8.06. The van der Waals surface area contributed by atoms with Crippen molar-refractivity contribution in [1.29, 1.82) is 0 Å². The molecule has 1 heterocycles. The Morgan fingerprint density at radius 3 is 2.59 bits per heavy atom. The van der Waals surface area contributed by atoms with Gasteiger partial charge in [-0.3, -0.25) is 9.69 Å². The van der Waals surface area contributed by atoms with E-state index in [-0.39, 0.29) is 6.10 Å². The van der Waals surface area contributed by atoms with Crippen molar-refractivity contribution in [3.63, 3.8) is 0 Å². The van der Waals surface area contributed by atoms with Crippen molar-refractivity contribution in [2.24, 2.45) is 0 Å². The predicted molar refractivity (Wildman–Crippen MR) is 66.9 cm³/mol. The summed E-state index contributed by atoms with van der Waals surface area (Å²) in [6, 6.07) is 0.966. The van der Waals surface area contributed by atoms with Crippen LogP contribution in [0.5, 0.6) is 0 Å². The van der Waals surface area contributed by atoms with Crippen LogP contribution < -0.4 is 0 Å². The minimum absolute atomic E-state index is 0.183. The van der Waals surface area contributed by atoms with Gasteiger partial charge in [0, 0.05) is 38.0 Å². The number of hydrogen-bond acceptors (Lipinski definition) is 4. The highest BCUT2D eigenvalue weighted by atomic mass is 16.3. The van der Waals surface area contributed by atoms with Crippen LogP contribution in [0, 0.1) is 0 Å². The lowest BCUT2D eigenvalue weighted by atomic mass is 9.92. The molecule has 0 amide bonds. The van der Waals surface area contributed by atoms with E-state index in [9.17, 15) is 9.90 Å². The molecule has 2 rings (SSSR count). The van der Waals surface area contributed by atoms with Crippen LogP contribution in [0.25, 0.3) is 0 Å². The lowest BCUT2D eigenvalue weighted by Crippen LogP contribution is -2.45. The van der Waals surface area contributed by atoms with Crippen molar-refractivity contribution < 1.29 is 9.90 Å². The Bertz CT molecular complexity index is 271. The number of β-amino-alcohol motifs (C(OH)–C–C–N with tert-alkyl or cyclic N) is 1. The third kappa shape index (κ3) is 3.27. The van der Waals surface area contributed by atoms with Gasteiger partial charge in [0.05, 0.1) is 6.10 Å². The van der Waals surface area contributed by atoms with Crippen LogP contribution in [0.15, 0.2) is 0 Å². The maximum Gasteiger partial charge on any atom is 0.133 e. The average Bonchev–Trinajstić information content (AvgIpc) is 2.59. The van der Waals surface area contributed by atoms with E-state index in [1.807, 2.05) is 0 Å². The van der Waals surface area contributed by atoms with Gasteiger partial charge >= 0.3 is 0 Å². The number of ketones is 1. The Balaban J connectivity index is 1.95. The zero-order chi connectivity index (χ0) is 12.4. The molecule has 0 aromatic carbocycles. The number of hydrogen-bond donors (Lipinski definition) is 1. The van der Waals surface area contributed by atoms with E-state index in [1.54, 1.807) is 0 Å². The van der Waals surface area contributed by atoms with Gasteiger partial charge in [-0.2, -0.15) is 0 Å². The van der Waals surface area contributed by atoms with Crippen LogP contribution in [-0.4, -0.2) is 66.1 Å². The molecule has 0 radical (unpaired) electrons. The molecule has 0 aromatic heterocycles. The fourth-order valence-corrected chi connectivity index (χ4v) is 3.22. The monoisotopic (exact) mass is 240 g/mol. The van der Waals surface area contributed by atoms with Gasteiger partial charge in [-0.25, -0.2) is 0 Å². The number of Topliss-reactive ketones (excluding diaryl/α,β-unsaturated/α-hetero) is 1. The quantitative estimate of drug-likeness (QED) is 0.780. The maximum atomic E-state index is 11.3. The average molecular weight is 240 g/mol. The molecule has 2 atom stereocenters. The number of likely N-dealkylation sites (N-methyl/N-ethyl adjacent to an activating group) is 1. The maximum absolute atomic E-state index is 11.3. The van der Waals surface area contributed by atoms with Crippen molar-refractivity contribution in [2.75, 3.05) is 27.2 Å². The molecule has 4 nitrogen and oxygen atoms in total. The van der Waals surface area contributed by atoms with E-state index in [0.29, 0.717) is 17.9 Å². The van der Waals surface area contributed by atoms with Gasteiger partial charge in [0.15, 0.2) is 0 Å². The van der Waals surface area contributed by atoms with E-state index in [4.69, 9.17) is 0 Å². The highest BCUT2D eigenvalue weighted by Crippen LogP contribution is 2.28. The highest BCUT2D eigenvalue weighted by Gasteiger charge is 2.36. The molecule has 1 saturated heterocycles. The molecule has 1 aliphatic carbocycles. The minimum Gasteiger partial charge on any atom is -0.392 e. The molecule has 1 saturated carbocycles. The molecular weight excluding hydrogens is 216 g/mol. The fourth-order valence-electron chi connectivity index (χ4n) is 3.22. The van der Waals surface area contributed by atoms with Crippen molar-refractivity contribution in [3.05, 3.63) is 0 Å². The molecule has 1 N–H and O–H groups in total. The van der Waals surface area contributed by atoms with Gasteiger partial charge in [-0.1, -0.05) is 0 Å². The second-order valence-corrected chi connectivity index (χ2v) is 5.77. The molecule has 17 heavy (non-hydrogen) atoms. The summed E-state index contributed by atoms with van der Waals surface area (Å²) >= 11 is 0. The van der Waals surface area contributed by atoms with Crippen LogP contribution in [0.2, 0.25) is 0 Å². The molecule has 0 aromatic rings. The standard InChI is InChI=1S/C13H24N2O2/c1-14(2)8-11-7-13(17)9-15(11)10-3-5-12(16)6-4-10/h10-11,13,17H,3-9H2,1-2H3. The van der Waals surface area contributed by atoms with Crippen LogP contribution in [0.3, 0.4) is 0 Å². The summed E-state index contributed by atoms with van der Waals surface area (Å²) in [5.74, 6) is 0.408. The Labute approximate surface area is 104 Å². The van der Waals surface area contributed by atoms with E-state index in [2.05, 4.69) is 23.9 Å². The number of rotatable bonds is 3. The van der Waals surface area contributed by atoms with E-state index in [0.717, 1.165) is 45.2 Å². The molecule has 0 bridgehead atoms. The van der Waals surface area contributed by atoms with Gasteiger partial charge in [0.25, 0.3) is 0 Å². The van der Waals surface area contributed by atoms with Crippen LogP contribution in [0.1, 0.15) is 32.1 Å². The Morgan fingerprint density at radius 2 is 2.00 bits per heavy atom.